The highest BCUT2D eigenvalue weighted by Crippen LogP contribution is 2.39. The second kappa shape index (κ2) is 5.99. The van der Waals surface area contributed by atoms with Crippen LogP contribution in [0.5, 0.6) is 0 Å². The molecule has 2 atom stereocenters. The maximum Gasteiger partial charge on any atom is 0.416 e. The Morgan fingerprint density at radius 3 is 2.08 bits per heavy atom. The molecule has 132 valence electrons. The van der Waals surface area contributed by atoms with Crippen molar-refractivity contribution in [2.24, 2.45) is 11.1 Å². The summed E-state index contributed by atoms with van der Waals surface area (Å²) in [7, 11) is 0. The van der Waals surface area contributed by atoms with E-state index in [0.29, 0.717) is 12.1 Å². The molecule has 1 aromatic rings. The van der Waals surface area contributed by atoms with Gasteiger partial charge in [0.15, 0.2) is 0 Å². The van der Waals surface area contributed by atoms with Crippen molar-refractivity contribution in [2.45, 2.75) is 25.2 Å². The number of carbonyl (C=O) groups is 1. The van der Waals surface area contributed by atoms with Gasteiger partial charge in [0.2, 0.25) is 0 Å². The normalized spacial score (nSPS) is 19.6. The lowest BCUT2D eigenvalue weighted by atomic mass is 9.86. The van der Waals surface area contributed by atoms with Crippen LogP contribution in [0.4, 0.5) is 26.3 Å². The Morgan fingerprint density at radius 2 is 1.67 bits per heavy atom. The Bertz CT molecular complexity index is 648. The molecular weight excluding hydrogens is 344 g/mol. The number of oxime groups is 1. The highest BCUT2D eigenvalue weighted by Gasteiger charge is 2.40. The fraction of sp³-hybridized carbons (Fsp3) is 0.429. The first-order valence-electron chi connectivity index (χ1n) is 6.63. The molecule has 0 aliphatic carbocycles. The third-order valence-electron chi connectivity index (χ3n) is 3.59. The average Bonchev–Trinajstić information content (AvgIpc) is 2.93. The van der Waals surface area contributed by atoms with E-state index in [4.69, 9.17) is 9.94 Å². The number of carboxylic acid groups (broad SMARTS) is 1. The minimum Gasteiger partial charge on any atom is -0.481 e. The van der Waals surface area contributed by atoms with Crippen molar-refractivity contribution in [3.05, 3.63) is 34.9 Å². The molecule has 0 fully saturated rings. The molecule has 2 unspecified atom stereocenters. The predicted octanol–water partition coefficient (Wildman–Crippen LogP) is 3.91. The molecule has 1 aliphatic heterocycles. The molecule has 24 heavy (non-hydrogen) atoms. The summed E-state index contributed by atoms with van der Waals surface area (Å²) < 4.78 is 77.3. The van der Waals surface area contributed by atoms with Crippen molar-refractivity contribution in [1.29, 1.82) is 0 Å². The van der Waals surface area contributed by atoms with Crippen LogP contribution in [0.3, 0.4) is 0 Å². The molecule has 0 saturated heterocycles. The minimum atomic E-state index is -4.98. The van der Waals surface area contributed by atoms with Gasteiger partial charge in [0.1, 0.15) is 6.61 Å². The van der Waals surface area contributed by atoms with E-state index in [2.05, 4.69) is 5.16 Å². The zero-order chi connectivity index (χ0) is 18.3. The van der Waals surface area contributed by atoms with Crippen LogP contribution in [0, 0.1) is 5.92 Å². The van der Waals surface area contributed by atoms with Gasteiger partial charge >= 0.3 is 18.3 Å². The smallest absolute Gasteiger partial charge is 0.416 e. The predicted molar refractivity (Wildman–Crippen MR) is 69.4 cm³/mol. The summed E-state index contributed by atoms with van der Waals surface area (Å²) >= 11 is 0. The first kappa shape index (κ1) is 18.1. The van der Waals surface area contributed by atoms with E-state index in [-0.39, 0.29) is 23.9 Å². The van der Waals surface area contributed by atoms with E-state index in [1.54, 1.807) is 0 Å². The van der Waals surface area contributed by atoms with Crippen LogP contribution < -0.4 is 0 Å². The van der Waals surface area contributed by atoms with E-state index in [0.717, 1.165) is 0 Å². The standard InChI is InChI=1S/C14H11F6NO3/c1-6(12(22)23)11-10(5-24-21-11)7-2-8(13(15,16)17)4-9(3-7)14(18,19)20/h2-4,6,10H,5H2,1H3,(H,22,23). The van der Waals surface area contributed by atoms with Crippen molar-refractivity contribution in [1.82, 2.24) is 0 Å². The van der Waals surface area contributed by atoms with Crippen LogP contribution in [0.15, 0.2) is 23.4 Å². The lowest BCUT2D eigenvalue weighted by molar-refractivity contribution is -0.143. The average molecular weight is 355 g/mol. The summed E-state index contributed by atoms with van der Waals surface area (Å²) in [4.78, 5) is 15.7. The van der Waals surface area contributed by atoms with Crippen molar-refractivity contribution in [3.63, 3.8) is 0 Å². The number of carboxylic acids is 1. The van der Waals surface area contributed by atoms with Crippen LogP contribution in [0.2, 0.25) is 0 Å². The molecule has 1 aliphatic rings. The van der Waals surface area contributed by atoms with E-state index in [1.165, 1.54) is 6.92 Å². The highest BCUT2D eigenvalue weighted by atomic mass is 19.4. The monoisotopic (exact) mass is 355 g/mol. The largest absolute Gasteiger partial charge is 0.481 e. The number of hydrogen-bond acceptors (Lipinski definition) is 3. The molecule has 1 aromatic carbocycles. The summed E-state index contributed by atoms with van der Waals surface area (Å²) in [5.74, 6) is -3.62. The third kappa shape index (κ3) is 3.62. The van der Waals surface area contributed by atoms with Crippen LogP contribution in [0.25, 0.3) is 0 Å². The maximum atomic E-state index is 12.9. The number of alkyl halides is 6. The van der Waals surface area contributed by atoms with Crippen LogP contribution in [-0.4, -0.2) is 23.4 Å². The molecule has 0 spiro atoms. The van der Waals surface area contributed by atoms with Crippen molar-refractivity contribution < 1.29 is 41.1 Å². The number of halogens is 6. The second-order valence-corrected chi connectivity index (χ2v) is 5.26. The van der Waals surface area contributed by atoms with Gasteiger partial charge in [-0.3, -0.25) is 4.79 Å². The van der Waals surface area contributed by atoms with Crippen molar-refractivity contribution in [2.75, 3.05) is 6.61 Å². The zero-order valence-electron chi connectivity index (χ0n) is 12.1. The van der Waals surface area contributed by atoms with Gasteiger partial charge in [-0.1, -0.05) is 5.16 Å². The first-order chi connectivity index (χ1) is 10.9. The van der Waals surface area contributed by atoms with Crippen molar-refractivity contribution in [3.8, 4) is 0 Å². The lowest BCUT2D eigenvalue weighted by Crippen LogP contribution is -2.26. The summed E-state index contributed by atoms with van der Waals surface area (Å²) in [5.41, 5.74) is -3.42. The molecule has 0 amide bonds. The third-order valence-corrected chi connectivity index (χ3v) is 3.59. The van der Waals surface area contributed by atoms with Gasteiger partial charge < -0.3 is 9.94 Å². The van der Waals surface area contributed by atoms with Crippen LogP contribution >= 0.6 is 0 Å². The molecule has 0 aromatic heterocycles. The molecule has 1 heterocycles. The molecule has 2 rings (SSSR count). The SMILES string of the molecule is CC(C(=O)O)C1=NOCC1c1cc(C(F)(F)F)cc(C(F)(F)F)c1. The van der Waals surface area contributed by atoms with Gasteiger partial charge in [-0.25, -0.2) is 0 Å². The summed E-state index contributed by atoms with van der Waals surface area (Å²) in [6.07, 6.45) is -9.96. The van der Waals surface area contributed by atoms with E-state index >= 15 is 0 Å². The van der Waals surface area contributed by atoms with Crippen LogP contribution in [0.1, 0.15) is 29.5 Å². The van der Waals surface area contributed by atoms with E-state index < -0.39 is 41.3 Å². The summed E-state index contributed by atoms with van der Waals surface area (Å²) in [6, 6.07) is 1.12. The van der Waals surface area contributed by atoms with Gasteiger partial charge in [0.25, 0.3) is 0 Å². The minimum absolute atomic E-state index is 0.0107. The molecule has 10 heteroatoms. The van der Waals surface area contributed by atoms with Gasteiger partial charge in [-0.2, -0.15) is 26.3 Å². The van der Waals surface area contributed by atoms with Gasteiger partial charge in [-0.15, -0.1) is 0 Å². The fourth-order valence-corrected chi connectivity index (χ4v) is 2.29. The number of rotatable bonds is 3. The Labute approximate surface area is 131 Å². The second-order valence-electron chi connectivity index (χ2n) is 5.26. The Kier molecular flexibility index (Phi) is 4.51. The highest BCUT2D eigenvalue weighted by molar-refractivity contribution is 6.05. The van der Waals surface area contributed by atoms with E-state index in [9.17, 15) is 31.1 Å². The quantitative estimate of drug-likeness (QED) is 0.837. The molecule has 0 radical (unpaired) electrons. The van der Waals surface area contributed by atoms with Crippen LogP contribution in [-0.2, 0) is 22.0 Å². The number of aliphatic carboxylic acids is 1. The van der Waals surface area contributed by atoms with Gasteiger partial charge in [0.05, 0.1) is 28.7 Å². The summed E-state index contributed by atoms with van der Waals surface area (Å²) in [5, 5.41) is 12.5. The lowest BCUT2D eigenvalue weighted by Gasteiger charge is -2.18. The molecule has 4 nitrogen and oxygen atoms in total. The number of benzene rings is 1. The van der Waals surface area contributed by atoms with Gasteiger partial charge in [0, 0.05) is 0 Å². The molecule has 0 bridgehead atoms. The Hall–Kier alpha value is -2.26. The maximum absolute atomic E-state index is 12.9. The fourth-order valence-electron chi connectivity index (χ4n) is 2.29. The van der Waals surface area contributed by atoms with E-state index in [1.807, 2.05) is 0 Å². The summed E-state index contributed by atoms with van der Waals surface area (Å²) in [6.45, 7) is 0.896. The Balaban J connectivity index is 2.54. The van der Waals surface area contributed by atoms with Gasteiger partial charge in [-0.05, 0) is 30.7 Å². The number of nitrogens with zero attached hydrogens (tertiary/aromatic N) is 1. The van der Waals surface area contributed by atoms with Crippen molar-refractivity contribution >= 4 is 11.7 Å². The zero-order valence-corrected chi connectivity index (χ0v) is 12.1. The molecular formula is C14H11F6NO3. The molecule has 0 saturated carbocycles. The number of hydrogen-bond donors (Lipinski definition) is 1. The first-order valence-corrected chi connectivity index (χ1v) is 6.63. The molecule has 1 N–H and O–H groups in total. The Morgan fingerprint density at radius 1 is 1.17 bits per heavy atom. The topological polar surface area (TPSA) is 58.9 Å².